The Kier molecular flexibility index (Phi) is 12.5. The van der Waals surface area contributed by atoms with Crippen molar-refractivity contribution in [1.29, 1.82) is 0 Å². The van der Waals surface area contributed by atoms with Crippen molar-refractivity contribution in [2.45, 2.75) is 61.7 Å². The fraction of sp³-hybridized carbons (Fsp3) is 0.870. The number of methoxy groups -OCH3 is 7. The molecule has 9 atom stereocenters. The third kappa shape index (κ3) is 6.77. The van der Waals surface area contributed by atoms with Crippen molar-refractivity contribution < 1.29 is 56.9 Å². The molecule has 0 aromatic carbocycles. The number of rotatable bonds is 14. The Morgan fingerprint density at radius 2 is 1.46 bits per heavy atom. The number of hydrogen-bond acceptors (Lipinski definition) is 12. The predicted molar refractivity (Wildman–Crippen MR) is 121 cm³/mol. The minimum absolute atomic E-state index is 0.0404. The smallest absolute Gasteiger partial charge is 0.330 e. The Morgan fingerprint density at radius 1 is 0.800 bits per heavy atom. The van der Waals surface area contributed by atoms with Crippen molar-refractivity contribution in [2.24, 2.45) is 0 Å². The lowest BCUT2D eigenvalue weighted by Gasteiger charge is -2.47. The fourth-order valence-corrected chi connectivity index (χ4v) is 4.62. The average Bonchev–Trinajstić information content (AvgIpc) is 3.14. The summed E-state index contributed by atoms with van der Waals surface area (Å²) in [6, 6.07) is 0. The van der Waals surface area contributed by atoms with Gasteiger partial charge in [-0.3, -0.25) is 0 Å². The number of carbonyl (C=O) groups is 1. The summed E-state index contributed by atoms with van der Waals surface area (Å²) in [5.41, 5.74) is 0. The topological polar surface area (TPSA) is 119 Å². The summed E-state index contributed by atoms with van der Waals surface area (Å²) in [6.45, 7) is 1.82. The van der Waals surface area contributed by atoms with E-state index in [-0.39, 0.29) is 19.8 Å². The van der Waals surface area contributed by atoms with Gasteiger partial charge in [-0.2, -0.15) is 0 Å². The molecule has 2 rings (SSSR count). The van der Waals surface area contributed by atoms with Crippen LogP contribution in [0.25, 0.3) is 0 Å². The maximum Gasteiger partial charge on any atom is 0.330 e. The van der Waals surface area contributed by atoms with Crippen LogP contribution in [-0.4, -0.2) is 130 Å². The van der Waals surface area contributed by atoms with Crippen LogP contribution in [0.3, 0.4) is 0 Å². The van der Waals surface area contributed by atoms with E-state index in [1.54, 1.807) is 34.3 Å². The van der Waals surface area contributed by atoms with E-state index in [0.29, 0.717) is 0 Å². The Morgan fingerprint density at radius 3 is 1.97 bits per heavy atom. The average molecular weight is 509 g/mol. The number of allylic oxidation sites excluding steroid dienone is 1. The van der Waals surface area contributed by atoms with Crippen LogP contribution >= 0.6 is 0 Å². The fourth-order valence-electron chi connectivity index (χ4n) is 4.62. The van der Waals surface area contributed by atoms with Crippen molar-refractivity contribution in [3.8, 4) is 0 Å². The van der Waals surface area contributed by atoms with E-state index in [0.717, 1.165) is 0 Å². The molecule has 12 heteroatoms. The summed E-state index contributed by atoms with van der Waals surface area (Å²) >= 11 is 0. The molecule has 0 unspecified atom stereocenters. The first-order valence-corrected chi connectivity index (χ1v) is 11.3. The highest BCUT2D eigenvalue weighted by Crippen LogP contribution is 2.40. The molecule has 0 aromatic rings. The summed E-state index contributed by atoms with van der Waals surface area (Å²) in [4.78, 5) is 11.9. The molecule has 0 aromatic heterocycles. The van der Waals surface area contributed by atoms with Crippen molar-refractivity contribution in [2.75, 3.05) is 69.6 Å². The second-order valence-electron chi connectivity index (χ2n) is 8.10. The number of esters is 1. The van der Waals surface area contributed by atoms with Crippen LogP contribution < -0.4 is 0 Å². The highest BCUT2D eigenvalue weighted by atomic mass is 16.8. The van der Waals surface area contributed by atoms with Crippen molar-refractivity contribution in [1.82, 2.24) is 0 Å². The number of carbonyl (C=O) groups excluding carboxylic acids is 1. The van der Waals surface area contributed by atoms with Crippen molar-refractivity contribution >= 4 is 5.97 Å². The molecule has 2 aliphatic heterocycles. The lowest BCUT2D eigenvalue weighted by Crippen LogP contribution is -2.64. The van der Waals surface area contributed by atoms with Gasteiger partial charge < -0.3 is 52.1 Å². The second-order valence-corrected chi connectivity index (χ2v) is 8.10. The van der Waals surface area contributed by atoms with E-state index in [9.17, 15) is 4.79 Å². The summed E-state index contributed by atoms with van der Waals surface area (Å²) < 4.78 is 63.6. The number of ether oxygens (including phenoxy) is 11. The van der Waals surface area contributed by atoms with Gasteiger partial charge in [0.1, 0.15) is 55.9 Å². The third-order valence-corrected chi connectivity index (χ3v) is 6.07. The molecule has 35 heavy (non-hydrogen) atoms. The van der Waals surface area contributed by atoms with Crippen LogP contribution in [0.4, 0.5) is 0 Å². The van der Waals surface area contributed by atoms with Gasteiger partial charge in [-0.1, -0.05) is 6.08 Å². The van der Waals surface area contributed by atoms with E-state index < -0.39 is 60.8 Å². The zero-order chi connectivity index (χ0) is 26.0. The summed E-state index contributed by atoms with van der Waals surface area (Å²) in [7, 11) is 10.7. The zero-order valence-corrected chi connectivity index (χ0v) is 21.8. The van der Waals surface area contributed by atoms with Gasteiger partial charge in [-0.05, 0) is 6.92 Å². The first-order valence-electron chi connectivity index (χ1n) is 11.3. The highest BCUT2D eigenvalue weighted by Gasteiger charge is 2.61. The molecule has 2 fully saturated rings. The second kappa shape index (κ2) is 14.5. The maximum atomic E-state index is 11.9. The molecule has 2 heterocycles. The molecular weight excluding hydrogens is 468 g/mol. The number of hydrogen-bond donors (Lipinski definition) is 0. The summed E-state index contributed by atoms with van der Waals surface area (Å²) in [5.74, 6) is -1.99. The van der Waals surface area contributed by atoms with Crippen LogP contribution in [-0.2, 0) is 56.9 Å². The molecule has 12 nitrogen and oxygen atoms in total. The largest absolute Gasteiger partial charge is 0.460 e. The molecule has 0 amide bonds. The predicted octanol–water partition coefficient (Wildman–Crippen LogP) is 0.310. The Labute approximate surface area is 206 Å². The first kappa shape index (κ1) is 30.0. The summed E-state index contributed by atoms with van der Waals surface area (Å²) in [5, 5.41) is 0. The van der Waals surface area contributed by atoms with Crippen LogP contribution in [0.1, 0.15) is 6.92 Å². The van der Waals surface area contributed by atoms with E-state index in [1.165, 1.54) is 34.5 Å². The van der Waals surface area contributed by atoms with E-state index in [2.05, 4.69) is 0 Å². The van der Waals surface area contributed by atoms with Crippen LogP contribution in [0.15, 0.2) is 12.2 Å². The van der Waals surface area contributed by atoms with Crippen LogP contribution in [0, 0.1) is 0 Å². The van der Waals surface area contributed by atoms with Gasteiger partial charge >= 0.3 is 5.97 Å². The molecule has 0 spiro atoms. The third-order valence-electron chi connectivity index (χ3n) is 6.07. The lowest BCUT2D eigenvalue weighted by atomic mass is 9.98. The van der Waals surface area contributed by atoms with Crippen LogP contribution in [0.5, 0.6) is 0 Å². The van der Waals surface area contributed by atoms with Crippen LogP contribution in [0.2, 0.25) is 0 Å². The van der Waals surface area contributed by atoms with Gasteiger partial charge in [0.25, 0.3) is 0 Å². The zero-order valence-electron chi connectivity index (χ0n) is 21.8. The molecule has 0 N–H and O–H groups in total. The molecule has 0 aliphatic carbocycles. The standard InChI is InChI=1S/C23H40O12/c1-9-10-16(24)32-12-15-18(28-5)21(31-8)23(34-15,13-26-3)35-22-20(30-7)19(29-6)17(27-4)14(33-22)11-25-2/h9-10,14-15,17-22H,11-13H2,1-8H3/b10-9+/t14-,15-,17-,18-,19+,20-,21+,22-,23+/m1/s1. The Hall–Kier alpha value is -1.19. The van der Waals surface area contributed by atoms with Crippen molar-refractivity contribution in [3.05, 3.63) is 12.2 Å². The Bertz CT molecular complexity index is 660. The quantitative estimate of drug-likeness (QED) is 0.237. The monoisotopic (exact) mass is 508 g/mol. The Balaban J connectivity index is 2.37. The molecule has 0 radical (unpaired) electrons. The molecule has 2 aliphatic rings. The molecule has 0 saturated carbocycles. The maximum absolute atomic E-state index is 11.9. The lowest BCUT2D eigenvalue weighted by molar-refractivity contribution is -0.390. The molecule has 204 valence electrons. The van der Waals surface area contributed by atoms with Gasteiger partial charge in [0.15, 0.2) is 6.29 Å². The SMILES string of the molecule is C/C=C/C(=O)OC[C@H]1O[C@@](COC)(O[C@H]2O[C@H](COC)[C@@H](OC)[C@H](OC)[C@H]2OC)[C@@H](OC)[C@@H]1OC. The highest BCUT2D eigenvalue weighted by molar-refractivity contribution is 5.81. The van der Waals surface area contributed by atoms with E-state index >= 15 is 0 Å². The van der Waals surface area contributed by atoms with E-state index in [1.807, 2.05) is 0 Å². The molecular formula is C23H40O12. The minimum Gasteiger partial charge on any atom is -0.460 e. The minimum atomic E-state index is -1.49. The van der Waals surface area contributed by atoms with Gasteiger partial charge in [-0.15, -0.1) is 0 Å². The van der Waals surface area contributed by atoms with Gasteiger partial charge in [0.05, 0.1) is 6.61 Å². The normalized spacial score (nSPS) is 37.7. The molecule has 0 bridgehead atoms. The van der Waals surface area contributed by atoms with Gasteiger partial charge in [0.2, 0.25) is 5.79 Å². The van der Waals surface area contributed by atoms with Gasteiger partial charge in [0, 0.05) is 55.8 Å². The van der Waals surface area contributed by atoms with E-state index in [4.69, 9.17) is 52.1 Å². The van der Waals surface area contributed by atoms with Gasteiger partial charge in [-0.25, -0.2) is 4.79 Å². The van der Waals surface area contributed by atoms with Crippen molar-refractivity contribution in [3.63, 3.8) is 0 Å². The summed E-state index contributed by atoms with van der Waals surface area (Å²) in [6.07, 6.45) is -2.43. The molecule has 2 saturated heterocycles. The first-order chi connectivity index (χ1) is 16.9.